The second-order valence-corrected chi connectivity index (χ2v) is 20.9. The number of hydrogen-bond acceptors (Lipinski definition) is 1. The molecule has 62 heavy (non-hydrogen) atoms. The molecule has 9 aromatic carbocycles. The molecule has 0 unspecified atom stereocenters. The Kier molecular flexibility index (Phi) is 10.7. The number of rotatable bonds is 12. The fourth-order valence-electron chi connectivity index (χ4n) is 9.84. The van der Waals surface area contributed by atoms with Gasteiger partial charge in [0.2, 0.25) is 0 Å². The molecule has 0 aliphatic heterocycles. The van der Waals surface area contributed by atoms with E-state index in [1.54, 1.807) is 0 Å². The molecule has 2 nitrogen and oxygen atoms in total. The van der Waals surface area contributed by atoms with Gasteiger partial charge in [-0.05, 0) is 132 Å². The van der Waals surface area contributed by atoms with Crippen LogP contribution in [0.25, 0.3) is 43.7 Å². The second kappa shape index (κ2) is 16.8. The van der Waals surface area contributed by atoms with Crippen molar-refractivity contribution in [3.63, 3.8) is 0 Å². The zero-order valence-electron chi connectivity index (χ0n) is 35.9. The molecule has 0 saturated heterocycles. The van der Waals surface area contributed by atoms with Crippen LogP contribution in [0.4, 0.5) is 17.1 Å². The van der Waals surface area contributed by atoms with E-state index in [4.69, 9.17) is 0 Å². The maximum Gasteiger partial charge on any atom is 0.126 e. The predicted octanol–water partition coefficient (Wildman–Crippen LogP) is 14.1. The van der Waals surface area contributed by atoms with E-state index in [2.05, 4.69) is 243 Å². The Morgan fingerprint density at radius 2 is 0.984 bits per heavy atom. The summed E-state index contributed by atoms with van der Waals surface area (Å²) in [6, 6.07) is 82.0. The van der Waals surface area contributed by atoms with Gasteiger partial charge in [-0.3, -0.25) is 0 Å². The molecule has 0 fully saturated rings. The molecule has 0 radical (unpaired) electrons. The van der Waals surface area contributed by atoms with Crippen molar-refractivity contribution in [3.05, 3.63) is 235 Å². The molecule has 0 saturated carbocycles. The summed E-state index contributed by atoms with van der Waals surface area (Å²) in [6.45, 7) is 7.59. The van der Waals surface area contributed by atoms with Gasteiger partial charge in [0.05, 0.1) is 0 Å². The minimum absolute atomic E-state index is 0.949. The Morgan fingerprint density at radius 3 is 1.69 bits per heavy atom. The van der Waals surface area contributed by atoms with Gasteiger partial charge in [-0.25, -0.2) is 0 Å². The number of aromatic nitrogens is 1. The fourth-order valence-corrected chi connectivity index (χ4v) is 14.6. The Hall–Kier alpha value is -6.94. The smallest absolute Gasteiger partial charge is 0.126 e. The van der Waals surface area contributed by atoms with Crippen molar-refractivity contribution in [2.45, 2.75) is 45.8 Å². The summed E-state index contributed by atoms with van der Waals surface area (Å²) in [7, 11) is -2.35. The van der Waals surface area contributed by atoms with E-state index in [-0.39, 0.29) is 0 Å². The highest BCUT2D eigenvalue weighted by atomic mass is 28.3. The van der Waals surface area contributed by atoms with E-state index in [9.17, 15) is 0 Å². The lowest BCUT2D eigenvalue weighted by Crippen LogP contribution is -2.62. The van der Waals surface area contributed by atoms with Crippen LogP contribution in [0.1, 0.15) is 36.1 Å². The SMILES string of the molecule is CCc1cccc(C[Si](Cc2ccc(N(c3ccc(C)cc3)c3ccc4cc(-c5ccc6c(c5)c5ccccc5n6CC)ccc4c3)cc2)(c2ccccc2)c2ccccc2)c1. The summed E-state index contributed by atoms with van der Waals surface area (Å²) < 4.78 is 2.42. The molecule has 0 bridgehead atoms. The van der Waals surface area contributed by atoms with Gasteiger partial charge in [0.15, 0.2) is 0 Å². The quantitative estimate of drug-likeness (QED) is 0.112. The molecule has 0 aliphatic rings. The van der Waals surface area contributed by atoms with E-state index in [1.165, 1.54) is 76.3 Å². The average Bonchev–Trinajstić information content (AvgIpc) is 3.66. The first-order valence-corrected chi connectivity index (χ1v) is 24.6. The first-order chi connectivity index (χ1) is 30.5. The van der Waals surface area contributed by atoms with E-state index in [0.717, 1.165) is 42.1 Å². The number of para-hydroxylation sites is 1. The van der Waals surface area contributed by atoms with Gasteiger partial charge in [-0.15, -0.1) is 0 Å². The van der Waals surface area contributed by atoms with Gasteiger partial charge in [0.1, 0.15) is 8.07 Å². The maximum absolute atomic E-state index is 2.44. The van der Waals surface area contributed by atoms with Gasteiger partial charge in [-0.1, -0.05) is 175 Å². The molecule has 302 valence electrons. The average molecular weight is 817 g/mol. The van der Waals surface area contributed by atoms with Crippen molar-refractivity contribution < 1.29 is 0 Å². The molecule has 0 spiro atoms. The van der Waals surface area contributed by atoms with Crippen LogP contribution >= 0.6 is 0 Å². The zero-order valence-corrected chi connectivity index (χ0v) is 36.9. The van der Waals surface area contributed by atoms with Crippen molar-refractivity contribution in [3.8, 4) is 11.1 Å². The van der Waals surface area contributed by atoms with Crippen molar-refractivity contribution in [1.29, 1.82) is 0 Å². The number of fused-ring (bicyclic) bond motifs is 4. The number of hydrogen-bond donors (Lipinski definition) is 0. The number of nitrogens with zero attached hydrogens (tertiary/aromatic N) is 2. The topological polar surface area (TPSA) is 8.17 Å². The Morgan fingerprint density at radius 1 is 0.419 bits per heavy atom. The molecule has 0 N–H and O–H groups in total. The van der Waals surface area contributed by atoms with Gasteiger partial charge < -0.3 is 9.47 Å². The van der Waals surface area contributed by atoms with E-state index in [1.807, 2.05) is 0 Å². The first-order valence-electron chi connectivity index (χ1n) is 22.2. The lowest BCUT2D eigenvalue weighted by Gasteiger charge is -2.34. The third kappa shape index (κ3) is 7.44. The summed E-state index contributed by atoms with van der Waals surface area (Å²) >= 11 is 0. The Labute approximate surface area is 367 Å². The van der Waals surface area contributed by atoms with Crippen molar-refractivity contribution in [2.75, 3.05) is 4.90 Å². The number of benzene rings is 9. The predicted molar refractivity (Wildman–Crippen MR) is 269 cm³/mol. The normalized spacial score (nSPS) is 11.7. The molecular weight excluding hydrogens is 765 g/mol. The number of anilines is 3. The van der Waals surface area contributed by atoms with Gasteiger partial charge >= 0.3 is 0 Å². The van der Waals surface area contributed by atoms with Gasteiger partial charge in [0.25, 0.3) is 0 Å². The van der Waals surface area contributed by atoms with E-state index < -0.39 is 8.07 Å². The Balaban J connectivity index is 1.01. The van der Waals surface area contributed by atoms with Gasteiger partial charge in [-0.2, -0.15) is 0 Å². The van der Waals surface area contributed by atoms with Crippen LogP contribution in [-0.4, -0.2) is 12.6 Å². The molecule has 0 amide bonds. The zero-order chi connectivity index (χ0) is 42.0. The van der Waals surface area contributed by atoms with Crippen LogP contribution in [-0.2, 0) is 25.1 Å². The highest BCUT2D eigenvalue weighted by molar-refractivity contribution is 7.01. The van der Waals surface area contributed by atoms with Crippen LogP contribution in [0.5, 0.6) is 0 Å². The first kappa shape index (κ1) is 39.2. The third-order valence-electron chi connectivity index (χ3n) is 13.1. The summed E-state index contributed by atoms with van der Waals surface area (Å²) in [5.41, 5.74) is 13.9. The molecular formula is C59H52N2Si. The third-order valence-corrected chi connectivity index (χ3v) is 18.0. The van der Waals surface area contributed by atoms with E-state index in [0.29, 0.717) is 0 Å². The van der Waals surface area contributed by atoms with Crippen molar-refractivity contribution >= 4 is 68.1 Å². The molecule has 1 heterocycles. The maximum atomic E-state index is 2.44. The summed E-state index contributed by atoms with van der Waals surface area (Å²) in [5.74, 6) is 0. The van der Waals surface area contributed by atoms with Crippen LogP contribution < -0.4 is 15.3 Å². The molecule has 10 rings (SSSR count). The largest absolute Gasteiger partial charge is 0.341 e. The van der Waals surface area contributed by atoms with Crippen LogP contribution in [0, 0.1) is 6.92 Å². The standard InChI is InChI=1S/C59H52N2Si/c1-4-44-15-14-16-46(37-44)42-62(54-17-8-6-9-18-54,55-19-10-7-11-20-55)41-45-25-33-52(34-26-45)61(51-31-23-43(3)24-32-51)53-35-29-48-38-47(27-28-49(48)39-53)50-30-36-59-57(40-50)56-21-12-13-22-58(56)60(59)5-2/h6-40H,4-5,41-42H2,1-3H3. The lowest BCUT2D eigenvalue weighted by atomic mass is 9.99. The fraction of sp³-hybridized carbons (Fsp3) is 0.119. The summed E-state index contributed by atoms with van der Waals surface area (Å²) in [6.07, 6.45) is 1.04. The molecule has 3 heteroatoms. The number of aryl methyl sites for hydroxylation is 3. The lowest BCUT2D eigenvalue weighted by molar-refractivity contribution is 0.827. The van der Waals surface area contributed by atoms with E-state index >= 15 is 0 Å². The van der Waals surface area contributed by atoms with Crippen molar-refractivity contribution in [1.82, 2.24) is 4.57 Å². The Bertz CT molecular complexity index is 3110. The van der Waals surface area contributed by atoms with Crippen LogP contribution in [0.2, 0.25) is 0 Å². The summed E-state index contributed by atoms with van der Waals surface area (Å²) in [4.78, 5) is 2.41. The highest BCUT2D eigenvalue weighted by Crippen LogP contribution is 2.38. The van der Waals surface area contributed by atoms with Crippen LogP contribution in [0.15, 0.2) is 212 Å². The molecule has 0 aliphatic carbocycles. The highest BCUT2D eigenvalue weighted by Gasteiger charge is 2.37. The minimum atomic E-state index is -2.35. The molecule has 0 atom stereocenters. The second-order valence-electron chi connectivity index (χ2n) is 16.9. The molecule has 1 aromatic heterocycles. The minimum Gasteiger partial charge on any atom is -0.341 e. The summed E-state index contributed by atoms with van der Waals surface area (Å²) in [5, 5.41) is 8.02. The van der Waals surface area contributed by atoms with Gasteiger partial charge in [0, 0.05) is 45.4 Å². The molecule has 10 aromatic rings. The van der Waals surface area contributed by atoms with Crippen LogP contribution in [0.3, 0.4) is 0 Å². The van der Waals surface area contributed by atoms with Crippen molar-refractivity contribution in [2.24, 2.45) is 0 Å². The monoisotopic (exact) mass is 816 g/mol.